The van der Waals surface area contributed by atoms with Crippen molar-refractivity contribution >= 4 is 18.3 Å². The fourth-order valence-corrected chi connectivity index (χ4v) is 5.38. The zero-order valence-corrected chi connectivity index (χ0v) is 16.7. The molecule has 1 unspecified atom stereocenters. The molecule has 2 aromatic rings. The van der Waals surface area contributed by atoms with Crippen molar-refractivity contribution in [2.75, 3.05) is 13.1 Å². The number of ether oxygens (including phenoxy) is 1. The molecule has 1 fully saturated rings. The maximum Gasteiger partial charge on any atom is 0.249 e. The number of fused-ring (bicyclic) bond motifs is 1. The molecule has 28 heavy (non-hydrogen) atoms. The highest BCUT2D eigenvalue weighted by molar-refractivity contribution is 5.85. The van der Waals surface area contributed by atoms with Crippen molar-refractivity contribution in [3.8, 4) is 0 Å². The number of benzene rings is 2. The first-order chi connectivity index (χ1) is 13.3. The Balaban J connectivity index is 0.00000192. The lowest BCUT2D eigenvalue weighted by molar-refractivity contribution is -0.132. The lowest BCUT2D eigenvalue weighted by Crippen LogP contribution is -2.42. The van der Waals surface area contributed by atoms with E-state index >= 15 is 0 Å². The zero-order chi connectivity index (χ0) is 18.4. The van der Waals surface area contributed by atoms with Crippen LogP contribution in [0.15, 0.2) is 48.5 Å². The Labute approximate surface area is 172 Å². The van der Waals surface area contributed by atoms with Gasteiger partial charge in [-0.1, -0.05) is 48.5 Å². The summed E-state index contributed by atoms with van der Waals surface area (Å²) in [4.78, 5) is 12.6. The number of nitrogens with one attached hydrogen (secondary N) is 1. The maximum absolute atomic E-state index is 12.6. The summed E-state index contributed by atoms with van der Waals surface area (Å²) in [5, 5.41) is 3.18. The van der Waals surface area contributed by atoms with Gasteiger partial charge in [0.05, 0.1) is 6.10 Å². The molecule has 148 valence electrons. The molecule has 1 saturated heterocycles. The van der Waals surface area contributed by atoms with Crippen LogP contribution in [0.2, 0.25) is 0 Å². The van der Waals surface area contributed by atoms with E-state index in [1.165, 1.54) is 22.3 Å². The lowest BCUT2D eigenvalue weighted by atomic mass is 9.59. The van der Waals surface area contributed by atoms with Crippen LogP contribution < -0.4 is 11.1 Å². The molecule has 2 aromatic carbocycles. The highest BCUT2D eigenvalue weighted by atomic mass is 35.5. The highest BCUT2D eigenvalue weighted by Gasteiger charge is 2.43. The van der Waals surface area contributed by atoms with E-state index < -0.39 is 0 Å². The Morgan fingerprint density at radius 3 is 2.18 bits per heavy atom. The summed E-state index contributed by atoms with van der Waals surface area (Å²) in [6.07, 6.45) is 2.44. The minimum absolute atomic E-state index is 0. The SMILES string of the molecule is Cl.NC[C@H]1CC[C@@H](C(=O)NCC2CC3c4ccccc4C2c2ccccc23)O1. The molecule has 5 heteroatoms. The van der Waals surface area contributed by atoms with E-state index in [9.17, 15) is 4.79 Å². The molecular formula is C23H27ClN2O2. The molecule has 0 aromatic heterocycles. The van der Waals surface area contributed by atoms with E-state index in [1.807, 2.05) is 0 Å². The van der Waals surface area contributed by atoms with Crippen LogP contribution in [0, 0.1) is 5.92 Å². The standard InChI is InChI=1S/C23H26N2O2.ClH/c24-12-15-9-10-21(27-15)23(26)25-13-14-11-20-16-5-1-3-7-18(16)22(14)19-8-4-2-6-17(19)20;/h1-8,14-15,20-22H,9-13,24H2,(H,25,26);1H/t14?,15-,20?,21+,22?;/m1./s1. The molecule has 3 aliphatic carbocycles. The largest absolute Gasteiger partial charge is 0.364 e. The van der Waals surface area contributed by atoms with Gasteiger partial charge >= 0.3 is 0 Å². The number of nitrogens with two attached hydrogens (primary N) is 1. The number of carbonyl (C=O) groups excluding carboxylic acids is 1. The smallest absolute Gasteiger partial charge is 0.249 e. The minimum Gasteiger partial charge on any atom is -0.364 e. The third-order valence-corrected chi connectivity index (χ3v) is 6.62. The van der Waals surface area contributed by atoms with Crippen molar-refractivity contribution in [1.82, 2.24) is 5.32 Å². The summed E-state index contributed by atoms with van der Waals surface area (Å²) in [7, 11) is 0. The van der Waals surface area contributed by atoms with Gasteiger partial charge in [0.1, 0.15) is 6.10 Å². The summed E-state index contributed by atoms with van der Waals surface area (Å²) in [5.41, 5.74) is 11.5. The zero-order valence-electron chi connectivity index (χ0n) is 15.8. The Morgan fingerprint density at radius 2 is 1.61 bits per heavy atom. The molecule has 6 rings (SSSR count). The summed E-state index contributed by atoms with van der Waals surface area (Å²) in [6.45, 7) is 1.19. The van der Waals surface area contributed by atoms with Crippen molar-refractivity contribution in [2.24, 2.45) is 11.7 Å². The van der Waals surface area contributed by atoms with Gasteiger partial charge in [-0.15, -0.1) is 12.4 Å². The molecule has 1 heterocycles. The minimum atomic E-state index is -0.334. The second kappa shape index (κ2) is 7.86. The van der Waals surface area contributed by atoms with Gasteiger partial charge in [-0.05, 0) is 47.4 Å². The third kappa shape index (κ3) is 3.14. The molecular weight excluding hydrogens is 372 g/mol. The first-order valence-electron chi connectivity index (χ1n) is 10.1. The number of carbonyl (C=O) groups is 1. The monoisotopic (exact) mass is 398 g/mol. The lowest BCUT2D eigenvalue weighted by Gasteiger charge is -2.45. The van der Waals surface area contributed by atoms with Gasteiger partial charge in [0.25, 0.3) is 0 Å². The Morgan fingerprint density at radius 1 is 1.00 bits per heavy atom. The van der Waals surface area contributed by atoms with Crippen LogP contribution in [0.1, 0.15) is 53.4 Å². The predicted octanol–water partition coefficient (Wildman–Crippen LogP) is 3.33. The Bertz CT molecular complexity index is 824. The molecule has 3 N–H and O–H groups in total. The van der Waals surface area contributed by atoms with Crippen molar-refractivity contribution in [3.05, 3.63) is 70.8 Å². The van der Waals surface area contributed by atoms with Gasteiger partial charge in [-0.2, -0.15) is 0 Å². The summed E-state index contributed by atoms with van der Waals surface area (Å²) < 4.78 is 5.75. The van der Waals surface area contributed by atoms with Crippen molar-refractivity contribution in [3.63, 3.8) is 0 Å². The van der Waals surface area contributed by atoms with Crippen LogP contribution in [-0.2, 0) is 9.53 Å². The molecule has 4 nitrogen and oxygen atoms in total. The van der Waals surface area contributed by atoms with E-state index in [0.29, 0.717) is 30.8 Å². The molecule has 1 amide bonds. The van der Waals surface area contributed by atoms with Gasteiger partial charge in [0.2, 0.25) is 5.91 Å². The molecule has 0 spiro atoms. The van der Waals surface area contributed by atoms with Gasteiger partial charge in [0.15, 0.2) is 0 Å². The fraction of sp³-hybridized carbons (Fsp3) is 0.435. The number of halogens is 1. The first-order valence-corrected chi connectivity index (χ1v) is 10.1. The molecule has 0 radical (unpaired) electrons. The van der Waals surface area contributed by atoms with Crippen LogP contribution in [0.25, 0.3) is 0 Å². The number of hydrogen-bond donors (Lipinski definition) is 2. The van der Waals surface area contributed by atoms with Crippen LogP contribution in [0.5, 0.6) is 0 Å². The second-order valence-corrected chi connectivity index (χ2v) is 8.09. The van der Waals surface area contributed by atoms with Gasteiger partial charge < -0.3 is 15.8 Å². The van der Waals surface area contributed by atoms with E-state index in [1.54, 1.807) is 0 Å². The fourth-order valence-electron chi connectivity index (χ4n) is 5.38. The number of hydrogen-bond acceptors (Lipinski definition) is 3. The molecule has 0 saturated carbocycles. The highest BCUT2D eigenvalue weighted by Crippen LogP contribution is 2.55. The Kier molecular flexibility index (Phi) is 5.46. The van der Waals surface area contributed by atoms with Crippen molar-refractivity contribution in [1.29, 1.82) is 0 Å². The van der Waals surface area contributed by atoms with Crippen LogP contribution in [0.4, 0.5) is 0 Å². The van der Waals surface area contributed by atoms with Crippen LogP contribution in [-0.4, -0.2) is 31.2 Å². The quantitative estimate of drug-likeness (QED) is 0.830. The number of amides is 1. The van der Waals surface area contributed by atoms with Crippen molar-refractivity contribution < 1.29 is 9.53 Å². The van der Waals surface area contributed by atoms with E-state index in [2.05, 4.69) is 53.8 Å². The normalized spacial score (nSPS) is 29.5. The van der Waals surface area contributed by atoms with Crippen LogP contribution in [0.3, 0.4) is 0 Å². The Hall–Kier alpha value is -1.88. The van der Waals surface area contributed by atoms with Gasteiger partial charge in [-0.25, -0.2) is 0 Å². The summed E-state index contributed by atoms with van der Waals surface area (Å²) in [6, 6.07) is 17.6. The first kappa shape index (κ1) is 19.4. The van der Waals surface area contributed by atoms with E-state index in [-0.39, 0.29) is 30.5 Å². The third-order valence-electron chi connectivity index (χ3n) is 6.62. The summed E-state index contributed by atoms with van der Waals surface area (Å²) in [5.74, 6) is 1.25. The van der Waals surface area contributed by atoms with Crippen molar-refractivity contribution in [2.45, 2.75) is 43.3 Å². The van der Waals surface area contributed by atoms with E-state index in [0.717, 1.165) is 19.3 Å². The molecule has 2 bridgehead atoms. The van der Waals surface area contributed by atoms with E-state index in [4.69, 9.17) is 10.5 Å². The molecule has 1 aliphatic heterocycles. The predicted molar refractivity (Wildman–Crippen MR) is 112 cm³/mol. The molecule has 4 aliphatic rings. The average molecular weight is 399 g/mol. The van der Waals surface area contributed by atoms with Gasteiger partial charge in [0, 0.05) is 24.9 Å². The average Bonchev–Trinajstić information content (AvgIpc) is 3.22. The molecule has 3 atom stereocenters. The van der Waals surface area contributed by atoms with Gasteiger partial charge in [-0.3, -0.25) is 4.79 Å². The maximum atomic E-state index is 12.6. The number of rotatable bonds is 4. The van der Waals surface area contributed by atoms with Crippen LogP contribution >= 0.6 is 12.4 Å². The summed E-state index contributed by atoms with van der Waals surface area (Å²) >= 11 is 0. The topological polar surface area (TPSA) is 64.4 Å². The second-order valence-electron chi connectivity index (χ2n) is 8.09.